The molecule has 7 heteroatoms. The number of nitrogens with one attached hydrogen (secondary N) is 2. The van der Waals surface area contributed by atoms with E-state index in [4.69, 9.17) is 4.74 Å². The van der Waals surface area contributed by atoms with E-state index in [2.05, 4.69) is 25.6 Å². The Morgan fingerprint density at radius 1 is 1.33 bits per heavy atom. The lowest BCUT2D eigenvalue weighted by Crippen LogP contribution is -2.25. The molecule has 1 fully saturated rings. The maximum absolute atomic E-state index is 12.3. The lowest BCUT2D eigenvalue weighted by Gasteiger charge is -2.12. The highest BCUT2D eigenvalue weighted by molar-refractivity contribution is 5.92. The first kappa shape index (κ1) is 16.3. The van der Waals surface area contributed by atoms with Gasteiger partial charge >= 0.3 is 0 Å². The quantitative estimate of drug-likeness (QED) is 0.839. The van der Waals surface area contributed by atoms with E-state index >= 15 is 0 Å². The van der Waals surface area contributed by atoms with E-state index in [1.165, 1.54) is 0 Å². The van der Waals surface area contributed by atoms with Crippen LogP contribution in [-0.4, -0.2) is 40.1 Å². The molecule has 24 heavy (non-hydrogen) atoms. The number of hydrogen-bond donors (Lipinski definition) is 2. The molecule has 1 amide bonds. The van der Waals surface area contributed by atoms with Gasteiger partial charge in [-0.25, -0.2) is 9.97 Å². The molecule has 2 aromatic heterocycles. The summed E-state index contributed by atoms with van der Waals surface area (Å²) in [7, 11) is 0. The predicted molar refractivity (Wildman–Crippen MR) is 89.6 cm³/mol. The summed E-state index contributed by atoms with van der Waals surface area (Å²) in [6.45, 7) is 3.74. The Hall–Kier alpha value is -2.54. The summed E-state index contributed by atoms with van der Waals surface area (Å²) < 4.78 is 5.57. The average molecular weight is 327 g/mol. The molecule has 1 unspecified atom stereocenters. The van der Waals surface area contributed by atoms with Crippen molar-refractivity contribution in [3.05, 3.63) is 47.5 Å². The molecular formula is C17H21N5O2. The molecule has 3 rings (SSSR count). The van der Waals surface area contributed by atoms with Gasteiger partial charge in [0.05, 0.1) is 6.10 Å². The summed E-state index contributed by atoms with van der Waals surface area (Å²) in [4.78, 5) is 24.9. The Bertz CT molecular complexity index is 687. The fourth-order valence-electron chi connectivity index (χ4n) is 2.55. The monoisotopic (exact) mass is 327 g/mol. The van der Waals surface area contributed by atoms with Crippen molar-refractivity contribution in [3.63, 3.8) is 0 Å². The highest BCUT2D eigenvalue weighted by Gasteiger charge is 2.16. The number of carbonyl (C=O) groups excluding carboxylic acids is 1. The van der Waals surface area contributed by atoms with Crippen molar-refractivity contribution in [1.29, 1.82) is 0 Å². The maximum Gasteiger partial charge on any atom is 0.270 e. The van der Waals surface area contributed by atoms with Crippen LogP contribution < -0.4 is 10.6 Å². The van der Waals surface area contributed by atoms with Gasteiger partial charge in [-0.1, -0.05) is 0 Å². The Labute approximate surface area is 140 Å². The van der Waals surface area contributed by atoms with Crippen LogP contribution in [0.1, 0.15) is 34.6 Å². The van der Waals surface area contributed by atoms with Crippen molar-refractivity contribution in [2.75, 3.05) is 18.5 Å². The van der Waals surface area contributed by atoms with Crippen LogP contribution in [0.5, 0.6) is 0 Å². The highest BCUT2D eigenvalue weighted by Crippen LogP contribution is 2.13. The Morgan fingerprint density at radius 2 is 2.17 bits per heavy atom. The molecule has 7 nitrogen and oxygen atoms in total. The van der Waals surface area contributed by atoms with E-state index < -0.39 is 0 Å². The number of rotatable bonds is 6. The van der Waals surface area contributed by atoms with Gasteiger partial charge in [0, 0.05) is 37.8 Å². The van der Waals surface area contributed by atoms with Crippen molar-refractivity contribution in [1.82, 2.24) is 20.3 Å². The molecule has 0 bridgehead atoms. The molecule has 0 saturated carbocycles. The van der Waals surface area contributed by atoms with Gasteiger partial charge in [0.25, 0.3) is 5.91 Å². The third-order valence-corrected chi connectivity index (χ3v) is 3.80. The highest BCUT2D eigenvalue weighted by atomic mass is 16.5. The number of amides is 1. The van der Waals surface area contributed by atoms with Crippen LogP contribution >= 0.6 is 0 Å². The number of ether oxygens (including phenoxy) is 1. The van der Waals surface area contributed by atoms with Gasteiger partial charge in [0.15, 0.2) is 0 Å². The normalized spacial score (nSPS) is 16.8. The predicted octanol–water partition coefficient (Wildman–Crippen LogP) is 1.70. The Balaban J connectivity index is 1.60. The van der Waals surface area contributed by atoms with Gasteiger partial charge in [0.1, 0.15) is 5.69 Å². The van der Waals surface area contributed by atoms with Crippen molar-refractivity contribution >= 4 is 11.9 Å². The van der Waals surface area contributed by atoms with E-state index in [0.717, 1.165) is 30.7 Å². The summed E-state index contributed by atoms with van der Waals surface area (Å²) in [5, 5.41) is 6.02. The zero-order valence-corrected chi connectivity index (χ0v) is 13.7. The second kappa shape index (κ2) is 7.83. The van der Waals surface area contributed by atoms with E-state index in [-0.39, 0.29) is 12.0 Å². The zero-order valence-electron chi connectivity index (χ0n) is 13.7. The molecule has 0 aliphatic carbocycles. The molecule has 3 heterocycles. The minimum absolute atomic E-state index is 0.193. The van der Waals surface area contributed by atoms with Gasteiger partial charge in [-0.15, -0.1) is 0 Å². The molecule has 126 valence electrons. The zero-order chi connectivity index (χ0) is 16.8. The molecule has 0 spiro atoms. The summed E-state index contributed by atoms with van der Waals surface area (Å²) >= 11 is 0. The molecule has 1 aliphatic heterocycles. The number of hydrogen-bond acceptors (Lipinski definition) is 6. The molecule has 0 radical (unpaired) electrons. The van der Waals surface area contributed by atoms with Crippen LogP contribution in [0.4, 0.5) is 5.95 Å². The molecule has 1 saturated heterocycles. The molecule has 2 N–H and O–H groups in total. The third-order valence-electron chi connectivity index (χ3n) is 3.80. The summed E-state index contributed by atoms with van der Waals surface area (Å²) in [5.41, 5.74) is 2.08. The number of anilines is 1. The maximum atomic E-state index is 12.3. The topological polar surface area (TPSA) is 89.0 Å². The molecule has 0 aromatic carbocycles. The van der Waals surface area contributed by atoms with Crippen LogP contribution in [0.2, 0.25) is 0 Å². The van der Waals surface area contributed by atoms with Gasteiger partial charge in [-0.05, 0) is 43.5 Å². The number of carbonyl (C=O) groups is 1. The lowest BCUT2D eigenvalue weighted by atomic mass is 10.2. The number of aromatic nitrogens is 3. The van der Waals surface area contributed by atoms with Crippen LogP contribution in [0.25, 0.3) is 0 Å². The second-order valence-electron chi connectivity index (χ2n) is 5.77. The van der Waals surface area contributed by atoms with Crippen LogP contribution in [0.15, 0.2) is 30.6 Å². The van der Waals surface area contributed by atoms with Crippen molar-refractivity contribution in [2.45, 2.75) is 32.4 Å². The average Bonchev–Trinajstić information content (AvgIpc) is 3.12. The third kappa shape index (κ3) is 4.48. The lowest BCUT2D eigenvalue weighted by molar-refractivity contribution is 0.0945. The summed E-state index contributed by atoms with van der Waals surface area (Å²) in [6, 6.07) is 5.40. The number of nitrogens with zero attached hydrogens (tertiary/aromatic N) is 3. The minimum atomic E-state index is -0.225. The molecule has 1 aliphatic rings. The fourth-order valence-corrected chi connectivity index (χ4v) is 2.55. The first-order valence-corrected chi connectivity index (χ1v) is 8.09. The van der Waals surface area contributed by atoms with Crippen molar-refractivity contribution in [3.8, 4) is 0 Å². The smallest absolute Gasteiger partial charge is 0.270 e. The van der Waals surface area contributed by atoms with Gasteiger partial charge in [0.2, 0.25) is 5.95 Å². The van der Waals surface area contributed by atoms with Crippen LogP contribution in [0.3, 0.4) is 0 Å². The molecule has 2 aromatic rings. The van der Waals surface area contributed by atoms with Gasteiger partial charge in [-0.3, -0.25) is 9.78 Å². The minimum Gasteiger partial charge on any atom is -0.376 e. The molecular weight excluding hydrogens is 306 g/mol. The van der Waals surface area contributed by atoms with Crippen molar-refractivity contribution < 1.29 is 9.53 Å². The Kier molecular flexibility index (Phi) is 5.32. The summed E-state index contributed by atoms with van der Waals surface area (Å²) in [5.74, 6) is 0.233. The van der Waals surface area contributed by atoms with E-state index in [9.17, 15) is 4.79 Å². The van der Waals surface area contributed by atoms with Gasteiger partial charge in [-0.2, -0.15) is 0 Å². The van der Waals surface area contributed by atoms with E-state index in [0.29, 0.717) is 24.7 Å². The first-order chi connectivity index (χ1) is 11.7. The fraction of sp³-hybridized carbons (Fsp3) is 0.412. The Morgan fingerprint density at radius 3 is 2.92 bits per heavy atom. The summed E-state index contributed by atoms with van der Waals surface area (Å²) in [6.07, 6.45) is 5.72. The van der Waals surface area contributed by atoms with Crippen molar-refractivity contribution in [2.24, 2.45) is 0 Å². The first-order valence-electron chi connectivity index (χ1n) is 8.09. The van der Waals surface area contributed by atoms with Crippen LogP contribution in [-0.2, 0) is 11.3 Å². The number of aryl methyl sites for hydroxylation is 1. The number of pyridine rings is 1. The van der Waals surface area contributed by atoms with Crippen LogP contribution in [0, 0.1) is 6.92 Å². The standard InChI is InChI=1S/C17H21N5O2/c1-12-9-15(16(23)19-10-13-4-6-18-7-5-13)22-17(21-12)20-11-14-3-2-8-24-14/h4-7,9,14H,2-3,8,10-11H2,1H3,(H,19,23)(H,20,21,22). The van der Waals surface area contributed by atoms with Gasteiger partial charge < -0.3 is 15.4 Å². The largest absolute Gasteiger partial charge is 0.376 e. The second-order valence-corrected chi connectivity index (χ2v) is 5.77. The molecule has 1 atom stereocenters. The van der Waals surface area contributed by atoms with E-state index in [1.54, 1.807) is 18.5 Å². The SMILES string of the molecule is Cc1cc(C(=O)NCc2ccncc2)nc(NCC2CCCO2)n1. The van der Waals surface area contributed by atoms with E-state index in [1.807, 2.05) is 19.1 Å².